The second-order valence-electron chi connectivity index (χ2n) is 4.69. The van der Waals surface area contributed by atoms with E-state index in [0.717, 1.165) is 18.4 Å². The molecule has 2 aromatic rings. The molecule has 1 aliphatic rings. The monoisotopic (exact) mass is 260 g/mol. The van der Waals surface area contributed by atoms with Gasteiger partial charge in [0.1, 0.15) is 0 Å². The summed E-state index contributed by atoms with van der Waals surface area (Å²) in [6.45, 7) is 0.431. The number of aromatic nitrogens is 3. The van der Waals surface area contributed by atoms with Crippen molar-refractivity contribution in [2.45, 2.75) is 31.4 Å². The van der Waals surface area contributed by atoms with Gasteiger partial charge in [0.2, 0.25) is 0 Å². The van der Waals surface area contributed by atoms with Gasteiger partial charge < -0.3 is 15.0 Å². The van der Waals surface area contributed by atoms with Crippen molar-refractivity contribution in [3.05, 3.63) is 30.4 Å². The molecule has 1 aliphatic carbocycles. The number of nitrogens with zero attached hydrogens (tertiary/aromatic N) is 3. The molecule has 0 spiro atoms. The highest BCUT2D eigenvalue weighted by molar-refractivity contribution is 5.51. The average molecular weight is 260 g/mol. The van der Waals surface area contributed by atoms with E-state index in [1.54, 1.807) is 12.4 Å². The molecule has 2 N–H and O–H groups in total. The Kier molecular flexibility index (Phi) is 3.52. The van der Waals surface area contributed by atoms with Crippen LogP contribution in [0.1, 0.15) is 31.1 Å². The van der Waals surface area contributed by atoms with Gasteiger partial charge in [-0.15, -0.1) is 0 Å². The Balaban J connectivity index is 1.63. The summed E-state index contributed by atoms with van der Waals surface area (Å²) in [7, 11) is 0. The number of rotatable bonds is 5. The Morgan fingerprint density at radius 3 is 2.84 bits per heavy atom. The molecule has 3 rings (SSSR count). The fourth-order valence-corrected chi connectivity index (χ4v) is 1.85. The van der Waals surface area contributed by atoms with Crippen LogP contribution in [0.2, 0.25) is 0 Å². The topological polar surface area (TPSA) is 87.1 Å². The van der Waals surface area contributed by atoms with E-state index in [9.17, 15) is 0 Å². The minimum atomic E-state index is -0.347. The van der Waals surface area contributed by atoms with E-state index in [0.29, 0.717) is 24.4 Å². The second kappa shape index (κ2) is 5.46. The average Bonchev–Trinajstić information content (AvgIpc) is 2.87. The molecule has 1 atom stereocenters. The van der Waals surface area contributed by atoms with Crippen LogP contribution in [0.4, 0.5) is 0 Å². The largest absolute Gasteiger partial charge is 0.376 e. The molecule has 1 saturated carbocycles. The standard InChI is InChI=1S/C13H16N4O2/c14-11(8-18-10-2-1-3-10)12-16-13(19-17-12)9-4-6-15-7-5-9/h4-7,10-11H,1-3,8,14H2. The van der Waals surface area contributed by atoms with E-state index in [2.05, 4.69) is 15.1 Å². The van der Waals surface area contributed by atoms with Gasteiger partial charge in [-0.25, -0.2) is 0 Å². The lowest BCUT2D eigenvalue weighted by atomic mass is 9.96. The predicted octanol–water partition coefficient (Wildman–Crippen LogP) is 1.70. The van der Waals surface area contributed by atoms with Gasteiger partial charge >= 0.3 is 0 Å². The van der Waals surface area contributed by atoms with E-state index >= 15 is 0 Å². The highest BCUT2D eigenvalue weighted by Gasteiger charge is 2.21. The number of ether oxygens (including phenoxy) is 1. The zero-order chi connectivity index (χ0) is 13.1. The van der Waals surface area contributed by atoms with Crippen LogP contribution < -0.4 is 5.73 Å². The summed E-state index contributed by atoms with van der Waals surface area (Å²) in [6, 6.07) is 3.28. The maximum absolute atomic E-state index is 5.99. The van der Waals surface area contributed by atoms with Gasteiger partial charge in [-0.3, -0.25) is 4.98 Å². The zero-order valence-corrected chi connectivity index (χ0v) is 10.5. The molecule has 6 nitrogen and oxygen atoms in total. The predicted molar refractivity (Wildman–Crippen MR) is 68.0 cm³/mol. The van der Waals surface area contributed by atoms with Crippen LogP contribution >= 0.6 is 0 Å². The van der Waals surface area contributed by atoms with Crippen LogP contribution in [0.25, 0.3) is 11.5 Å². The highest BCUT2D eigenvalue weighted by Crippen LogP contribution is 2.23. The molecular weight excluding hydrogens is 244 g/mol. The van der Waals surface area contributed by atoms with Gasteiger partial charge in [-0.1, -0.05) is 5.16 Å². The Morgan fingerprint density at radius 2 is 2.16 bits per heavy atom. The molecule has 0 radical (unpaired) electrons. The summed E-state index contributed by atoms with van der Waals surface area (Å²) in [5.74, 6) is 0.933. The van der Waals surface area contributed by atoms with Crippen LogP contribution in [0.3, 0.4) is 0 Å². The summed E-state index contributed by atoms with van der Waals surface area (Å²) in [5.41, 5.74) is 6.83. The highest BCUT2D eigenvalue weighted by atomic mass is 16.5. The second-order valence-corrected chi connectivity index (χ2v) is 4.69. The molecule has 19 heavy (non-hydrogen) atoms. The zero-order valence-electron chi connectivity index (χ0n) is 10.5. The van der Waals surface area contributed by atoms with Crippen LogP contribution in [-0.4, -0.2) is 27.8 Å². The Hall–Kier alpha value is -1.79. The van der Waals surface area contributed by atoms with Crippen LogP contribution in [0, 0.1) is 0 Å². The third kappa shape index (κ3) is 2.80. The summed E-state index contributed by atoms with van der Waals surface area (Å²) in [4.78, 5) is 8.23. The minimum Gasteiger partial charge on any atom is -0.376 e. The number of nitrogens with two attached hydrogens (primary N) is 1. The molecular formula is C13H16N4O2. The lowest BCUT2D eigenvalue weighted by Gasteiger charge is -2.26. The van der Waals surface area contributed by atoms with Crippen molar-refractivity contribution in [1.29, 1.82) is 0 Å². The third-order valence-corrected chi connectivity index (χ3v) is 3.26. The molecule has 0 aliphatic heterocycles. The lowest BCUT2D eigenvalue weighted by molar-refractivity contribution is -0.00549. The number of hydrogen-bond donors (Lipinski definition) is 1. The minimum absolute atomic E-state index is 0.347. The van der Waals surface area contributed by atoms with Crippen molar-refractivity contribution in [2.24, 2.45) is 5.73 Å². The first-order chi connectivity index (χ1) is 9.33. The lowest BCUT2D eigenvalue weighted by Crippen LogP contribution is -2.27. The van der Waals surface area contributed by atoms with Gasteiger partial charge in [0.05, 0.1) is 18.8 Å². The van der Waals surface area contributed by atoms with Gasteiger partial charge in [-0.05, 0) is 31.4 Å². The molecule has 2 heterocycles. The van der Waals surface area contributed by atoms with Crippen molar-refractivity contribution in [3.8, 4) is 11.5 Å². The first kappa shape index (κ1) is 12.3. The van der Waals surface area contributed by atoms with Crippen molar-refractivity contribution in [1.82, 2.24) is 15.1 Å². The van der Waals surface area contributed by atoms with Gasteiger partial charge in [-0.2, -0.15) is 4.98 Å². The van der Waals surface area contributed by atoms with Crippen molar-refractivity contribution < 1.29 is 9.26 Å². The van der Waals surface area contributed by atoms with Crippen LogP contribution in [0.5, 0.6) is 0 Å². The Morgan fingerprint density at radius 1 is 1.37 bits per heavy atom. The smallest absolute Gasteiger partial charge is 0.258 e. The Bertz CT molecular complexity index is 524. The Labute approximate surface area is 111 Å². The van der Waals surface area contributed by atoms with E-state index < -0.39 is 0 Å². The number of hydrogen-bond acceptors (Lipinski definition) is 6. The van der Waals surface area contributed by atoms with E-state index in [1.807, 2.05) is 12.1 Å². The van der Waals surface area contributed by atoms with E-state index in [1.165, 1.54) is 6.42 Å². The van der Waals surface area contributed by atoms with Gasteiger partial charge in [0.25, 0.3) is 5.89 Å². The molecule has 2 aromatic heterocycles. The van der Waals surface area contributed by atoms with Gasteiger partial charge in [0.15, 0.2) is 5.82 Å². The molecule has 1 fully saturated rings. The third-order valence-electron chi connectivity index (χ3n) is 3.26. The molecule has 0 saturated heterocycles. The van der Waals surface area contributed by atoms with Crippen molar-refractivity contribution in [2.75, 3.05) is 6.61 Å². The van der Waals surface area contributed by atoms with Crippen LogP contribution in [-0.2, 0) is 4.74 Å². The molecule has 1 unspecified atom stereocenters. The van der Waals surface area contributed by atoms with Crippen molar-refractivity contribution in [3.63, 3.8) is 0 Å². The van der Waals surface area contributed by atoms with Crippen LogP contribution in [0.15, 0.2) is 29.0 Å². The fraction of sp³-hybridized carbons (Fsp3) is 0.462. The van der Waals surface area contributed by atoms with E-state index in [4.69, 9.17) is 15.0 Å². The summed E-state index contributed by atoms with van der Waals surface area (Å²) in [6.07, 6.45) is 7.21. The van der Waals surface area contributed by atoms with Gasteiger partial charge in [0, 0.05) is 18.0 Å². The summed E-state index contributed by atoms with van der Waals surface area (Å²) in [5, 5.41) is 3.90. The molecule has 100 valence electrons. The molecule has 0 bridgehead atoms. The fourth-order valence-electron chi connectivity index (χ4n) is 1.85. The van der Waals surface area contributed by atoms with E-state index in [-0.39, 0.29) is 6.04 Å². The quantitative estimate of drug-likeness (QED) is 0.880. The molecule has 0 amide bonds. The first-order valence-electron chi connectivity index (χ1n) is 6.44. The number of pyridine rings is 1. The maximum atomic E-state index is 5.99. The summed E-state index contributed by atoms with van der Waals surface area (Å²) < 4.78 is 10.8. The molecule has 0 aromatic carbocycles. The maximum Gasteiger partial charge on any atom is 0.258 e. The SMILES string of the molecule is NC(COC1CCC1)c1noc(-c2ccncc2)n1. The first-order valence-corrected chi connectivity index (χ1v) is 6.44. The summed E-state index contributed by atoms with van der Waals surface area (Å²) >= 11 is 0. The molecule has 6 heteroatoms. The normalized spacial score (nSPS) is 17.1. The van der Waals surface area contributed by atoms with Crippen molar-refractivity contribution >= 4 is 0 Å².